The molecule has 0 aliphatic carbocycles. The summed E-state index contributed by atoms with van der Waals surface area (Å²) >= 11 is 9.26. The molecule has 4 heteroatoms. The number of amides is 1. The highest BCUT2D eigenvalue weighted by Crippen LogP contribution is 2.22. The lowest BCUT2D eigenvalue weighted by Crippen LogP contribution is -2.13. The second kappa shape index (κ2) is 6.22. The maximum absolute atomic E-state index is 12.2. The number of rotatable bonds is 3. The van der Waals surface area contributed by atoms with Crippen molar-refractivity contribution in [1.82, 2.24) is 0 Å². The minimum absolute atomic E-state index is 0.149. The van der Waals surface area contributed by atoms with Gasteiger partial charge in [0.15, 0.2) is 0 Å². The molecule has 0 fully saturated rings. The van der Waals surface area contributed by atoms with Crippen LogP contribution in [0.15, 0.2) is 46.9 Å². The molecule has 0 saturated heterocycles. The highest BCUT2D eigenvalue weighted by atomic mass is 79.9. The predicted molar refractivity (Wildman–Crippen MR) is 82.8 cm³/mol. The van der Waals surface area contributed by atoms with Crippen molar-refractivity contribution in [2.75, 3.05) is 5.32 Å². The molecule has 0 aliphatic rings. The van der Waals surface area contributed by atoms with E-state index in [1.165, 1.54) is 0 Å². The van der Waals surface area contributed by atoms with E-state index in [-0.39, 0.29) is 5.91 Å². The van der Waals surface area contributed by atoms with Gasteiger partial charge in [0.2, 0.25) is 0 Å². The van der Waals surface area contributed by atoms with Gasteiger partial charge in [-0.1, -0.05) is 24.3 Å². The summed E-state index contributed by atoms with van der Waals surface area (Å²) in [5.74, 6) is 0.218. The number of para-hydroxylation sites is 1. The first-order valence-electron chi connectivity index (χ1n) is 5.83. The molecule has 0 unspecified atom stereocenters. The second-order valence-electron chi connectivity index (χ2n) is 4.23. The number of alkyl halides is 1. The first-order chi connectivity index (χ1) is 9.11. The fourth-order valence-electron chi connectivity index (χ4n) is 1.75. The minimum Gasteiger partial charge on any atom is -0.322 e. The monoisotopic (exact) mass is 337 g/mol. The van der Waals surface area contributed by atoms with E-state index in [2.05, 4.69) is 21.2 Å². The second-order valence-corrected chi connectivity index (χ2v) is 5.35. The maximum Gasteiger partial charge on any atom is 0.256 e. The lowest BCUT2D eigenvalue weighted by Gasteiger charge is -2.10. The van der Waals surface area contributed by atoms with Crippen LogP contribution in [0.25, 0.3) is 0 Å². The summed E-state index contributed by atoms with van der Waals surface area (Å²) in [5.41, 5.74) is 3.36. The van der Waals surface area contributed by atoms with E-state index in [1.54, 1.807) is 6.07 Å². The Hall–Kier alpha value is -1.32. The number of carbonyl (C=O) groups is 1. The van der Waals surface area contributed by atoms with Gasteiger partial charge >= 0.3 is 0 Å². The zero-order valence-corrected chi connectivity index (χ0v) is 12.8. The van der Waals surface area contributed by atoms with Gasteiger partial charge < -0.3 is 5.32 Å². The molecule has 0 saturated carbocycles. The molecule has 0 spiro atoms. The molecule has 2 aromatic carbocycles. The molecule has 0 radical (unpaired) electrons. The van der Waals surface area contributed by atoms with Crippen LogP contribution in [-0.4, -0.2) is 5.91 Å². The van der Waals surface area contributed by atoms with Gasteiger partial charge in [-0.05, 0) is 52.2 Å². The molecular formula is C15H13BrClNO. The maximum atomic E-state index is 12.2. The number of nitrogens with one attached hydrogen (secondary N) is 1. The number of aryl methyl sites for hydroxylation is 1. The SMILES string of the molecule is Cc1ccc(C(=O)Nc2ccccc2CCl)c(Br)c1. The third-order valence-corrected chi connectivity index (χ3v) is 3.72. The number of benzene rings is 2. The fourth-order valence-corrected chi connectivity index (χ4v) is 2.66. The van der Waals surface area contributed by atoms with Gasteiger partial charge in [-0.25, -0.2) is 0 Å². The molecule has 2 nitrogen and oxygen atoms in total. The van der Waals surface area contributed by atoms with Crippen molar-refractivity contribution in [3.05, 3.63) is 63.6 Å². The fraction of sp³-hybridized carbons (Fsp3) is 0.133. The molecule has 0 aromatic heterocycles. The lowest BCUT2D eigenvalue weighted by atomic mass is 10.1. The van der Waals surface area contributed by atoms with Crippen LogP contribution in [0.3, 0.4) is 0 Å². The van der Waals surface area contributed by atoms with Crippen molar-refractivity contribution in [3.63, 3.8) is 0 Å². The van der Waals surface area contributed by atoms with Crippen LogP contribution in [0.5, 0.6) is 0 Å². The Balaban J connectivity index is 2.26. The van der Waals surface area contributed by atoms with Crippen LogP contribution in [-0.2, 0) is 5.88 Å². The van der Waals surface area contributed by atoms with Gasteiger partial charge in [0, 0.05) is 16.0 Å². The van der Waals surface area contributed by atoms with Gasteiger partial charge in [-0.3, -0.25) is 4.79 Å². The Kier molecular flexibility index (Phi) is 4.61. The van der Waals surface area contributed by atoms with Crippen LogP contribution in [0.1, 0.15) is 21.5 Å². The third kappa shape index (κ3) is 3.37. The van der Waals surface area contributed by atoms with Crippen molar-refractivity contribution in [2.45, 2.75) is 12.8 Å². The molecule has 2 rings (SSSR count). The predicted octanol–water partition coefficient (Wildman–Crippen LogP) is 4.75. The quantitative estimate of drug-likeness (QED) is 0.804. The van der Waals surface area contributed by atoms with Crippen LogP contribution in [0.4, 0.5) is 5.69 Å². The largest absolute Gasteiger partial charge is 0.322 e. The van der Waals surface area contributed by atoms with E-state index in [0.29, 0.717) is 11.4 Å². The van der Waals surface area contributed by atoms with Gasteiger partial charge in [0.05, 0.1) is 5.56 Å². The number of hydrogen-bond acceptors (Lipinski definition) is 1. The first-order valence-corrected chi connectivity index (χ1v) is 7.16. The van der Waals surface area contributed by atoms with Crippen molar-refractivity contribution >= 4 is 39.1 Å². The highest BCUT2D eigenvalue weighted by molar-refractivity contribution is 9.10. The van der Waals surface area contributed by atoms with E-state index in [1.807, 2.05) is 43.3 Å². The number of anilines is 1. The summed E-state index contributed by atoms with van der Waals surface area (Å²) in [7, 11) is 0. The Morgan fingerprint density at radius 2 is 2.00 bits per heavy atom. The number of hydrogen-bond donors (Lipinski definition) is 1. The Morgan fingerprint density at radius 3 is 2.68 bits per heavy atom. The summed E-state index contributed by atoms with van der Waals surface area (Å²) in [6.45, 7) is 1.98. The van der Waals surface area contributed by atoms with Crippen LogP contribution in [0.2, 0.25) is 0 Å². The number of halogens is 2. The zero-order chi connectivity index (χ0) is 13.8. The van der Waals surface area contributed by atoms with E-state index in [4.69, 9.17) is 11.6 Å². The van der Waals surface area contributed by atoms with Gasteiger partial charge in [0.25, 0.3) is 5.91 Å². The molecule has 0 atom stereocenters. The molecule has 1 N–H and O–H groups in total. The minimum atomic E-state index is -0.149. The summed E-state index contributed by atoms with van der Waals surface area (Å²) in [6.07, 6.45) is 0. The molecule has 0 aliphatic heterocycles. The van der Waals surface area contributed by atoms with Crippen LogP contribution in [0, 0.1) is 6.92 Å². The summed E-state index contributed by atoms with van der Waals surface area (Å²) in [4.78, 5) is 12.2. The number of carbonyl (C=O) groups excluding carboxylic acids is 1. The van der Waals surface area contributed by atoms with E-state index in [0.717, 1.165) is 21.3 Å². The zero-order valence-electron chi connectivity index (χ0n) is 10.4. The first kappa shape index (κ1) is 14.1. The van der Waals surface area contributed by atoms with Crippen molar-refractivity contribution in [1.29, 1.82) is 0 Å². The van der Waals surface area contributed by atoms with Crippen molar-refractivity contribution in [2.24, 2.45) is 0 Å². The lowest BCUT2D eigenvalue weighted by molar-refractivity contribution is 0.102. The van der Waals surface area contributed by atoms with Gasteiger partial charge in [0.1, 0.15) is 0 Å². The van der Waals surface area contributed by atoms with Crippen molar-refractivity contribution in [3.8, 4) is 0 Å². The molecule has 1 amide bonds. The standard InChI is InChI=1S/C15H13BrClNO/c1-10-6-7-12(13(16)8-10)15(19)18-14-5-3-2-4-11(14)9-17/h2-8H,9H2,1H3,(H,18,19). The van der Waals surface area contributed by atoms with Crippen molar-refractivity contribution < 1.29 is 4.79 Å². The van der Waals surface area contributed by atoms with Crippen LogP contribution >= 0.6 is 27.5 Å². The Bertz CT molecular complexity index is 613. The topological polar surface area (TPSA) is 29.1 Å². The highest BCUT2D eigenvalue weighted by Gasteiger charge is 2.11. The third-order valence-electron chi connectivity index (χ3n) is 2.78. The van der Waals surface area contributed by atoms with E-state index < -0.39 is 0 Å². The summed E-state index contributed by atoms with van der Waals surface area (Å²) < 4.78 is 0.786. The van der Waals surface area contributed by atoms with E-state index >= 15 is 0 Å². The normalized spacial score (nSPS) is 10.3. The Morgan fingerprint density at radius 1 is 1.26 bits per heavy atom. The van der Waals surface area contributed by atoms with Crippen LogP contribution < -0.4 is 5.32 Å². The van der Waals surface area contributed by atoms with Gasteiger partial charge in [-0.15, -0.1) is 11.6 Å². The van der Waals surface area contributed by atoms with Gasteiger partial charge in [-0.2, -0.15) is 0 Å². The molecule has 98 valence electrons. The van der Waals surface area contributed by atoms with E-state index in [9.17, 15) is 4.79 Å². The summed E-state index contributed by atoms with van der Waals surface area (Å²) in [5, 5.41) is 2.88. The average Bonchev–Trinajstić information content (AvgIpc) is 2.39. The molecule has 0 heterocycles. The average molecular weight is 339 g/mol. The summed E-state index contributed by atoms with van der Waals surface area (Å²) in [6, 6.07) is 13.1. The smallest absolute Gasteiger partial charge is 0.256 e. The molecular weight excluding hydrogens is 326 g/mol. The molecule has 2 aromatic rings. The molecule has 19 heavy (non-hydrogen) atoms. The Labute approximate surface area is 125 Å². The molecule has 0 bridgehead atoms.